The maximum Gasteiger partial charge on any atom is 0.492 e. The lowest BCUT2D eigenvalue weighted by atomic mass is 9.67. The third-order valence-corrected chi connectivity index (χ3v) is 4.26. The van der Waals surface area contributed by atoms with Crippen molar-refractivity contribution in [1.82, 2.24) is 0 Å². The Labute approximate surface area is 151 Å². The van der Waals surface area contributed by atoms with Crippen molar-refractivity contribution < 1.29 is 29.6 Å². The molecule has 0 bridgehead atoms. The lowest BCUT2D eigenvalue weighted by molar-refractivity contribution is 0.0667. The smallest absolute Gasteiger partial charge is 0.423 e. The molecule has 6 nitrogen and oxygen atoms in total. The summed E-state index contributed by atoms with van der Waals surface area (Å²) in [6.45, 7) is 0.562. The van der Waals surface area contributed by atoms with Gasteiger partial charge in [-0.2, -0.15) is 0 Å². The fourth-order valence-corrected chi connectivity index (χ4v) is 3.21. The first-order chi connectivity index (χ1) is 12.6. The second-order valence-corrected chi connectivity index (χ2v) is 5.85. The Balaban J connectivity index is 2.07. The molecular formula is C18H20B2O6. The fraction of sp³-hybridized carbons (Fsp3) is 0.222. The van der Waals surface area contributed by atoms with E-state index in [0.717, 1.165) is 0 Å². The minimum absolute atomic E-state index is 0.0667. The molecule has 0 aromatic heterocycles. The van der Waals surface area contributed by atoms with Crippen LogP contribution in [0.2, 0.25) is 0 Å². The molecule has 0 unspecified atom stereocenters. The largest absolute Gasteiger partial charge is 0.492 e. The van der Waals surface area contributed by atoms with Gasteiger partial charge in [0.15, 0.2) is 0 Å². The molecule has 0 saturated carbocycles. The molecule has 3 aromatic rings. The Morgan fingerprint density at radius 1 is 0.692 bits per heavy atom. The van der Waals surface area contributed by atoms with Crippen LogP contribution in [0.3, 0.4) is 0 Å². The second-order valence-electron chi connectivity index (χ2n) is 5.85. The molecule has 0 saturated heterocycles. The predicted octanol–water partition coefficient (Wildman–Crippen LogP) is -0.614. The van der Waals surface area contributed by atoms with E-state index in [2.05, 4.69) is 0 Å². The van der Waals surface area contributed by atoms with Crippen LogP contribution in [0.1, 0.15) is 0 Å². The highest BCUT2D eigenvalue weighted by Crippen LogP contribution is 2.20. The molecule has 0 heterocycles. The van der Waals surface area contributed by atoms with Gasteiger partial charge in [-0.1, -0.05) is 48.5 Å². The van der Waals surface area contributed by atoms with Gasteiger partial charge in [-0.3, -0.25) is 0 Å². The monoisotopic (exact) mass is 354 g/mol. The molecule has 0 fully saturated rings. The summed E-state index contributed by atoms with van der Waals surface area (Å²) in [6, 6.07) is 14.5. The van der Waals surface area contributed by atoms with Gasteiger partial charge in [0.05, 0.1) is 26.4 Å². The van der Waals surface area contributed by atoms with Crippen LogP contribution >= 0.6 is 0 Å². The highest BCUT2D eigenvalue weighted by molar-refractivity contribution is 6.71. The lowest BCUT2D eigenvalue weighted by Crippen LogP contribution is -2.40. The molecule has 8 heteroatoms. The summed E-state index contributed by atoms with van der Waals surface area (Å²) < 4.78 is 10.7. The van der Waals surface area contributed by atoms with E-state index < -0.39 is 14.2 Å². The number of hydrogen-bond acceptors (Lipinski definition) is 6. The number of fused-ring (bicyclic) bond motifs is 2. The summed E-state index contributed by atoms with van der Waals surface area (Å²) in [4.78, 5) is 0. The van der Waals surface area contributed by atoms with Gasteiger partial charge < -0.3 is 29.6 Å². The van der Waals surface area contributed by atoms with Crippen molar-refractivity contribution >= 4 is 46.7 Å². The molecule has 3 aromatic carbocycles. The zero-order valence-corrected chi connectivity index (χ0v) is 14.2. The van der Waals surface area contributed by atoms with Crippen molar-refractivity contribution in [2.75, 3.05) is 26.4 Å². The molecule has 0 radical (unpaired) electrons. The first kappa shape index (κ1) is 18.8. The highest BCUT2D eigenvalue weighted by Gasteiger charge is 2.27. The van der Waals surface area contributed by atoms with Gasteiger partial charge in [0.25, 0.3) is 0 Å². The Morgan fingerprint density at radius 2 is 1.19 bits per heavy atom. The molecule has 3 rings (SSSR count). The van der Waals surface area contributed by atoms with E-state index in [0.29, 0.717) is 32.5 Å². The van der Waals surface area contributed by atoms with Crippen LogP contribution in [0.15, 0.2) is 48.5 Å². The van der Waals surface area contributed by atoms with Crippen molar-refractivity contribution in [3.8, 4) is 0 Å². The Morgan fingerprint density at radius 3 is 1.65 bits per heavy atom. The van der Waals surface area contributed by atoms with Crippen LogP contribution < -0.4 is 10.9 Å². The molecule has 0 spiro atoms. The van der Waals surface area contributed by atoms with Gasteiger partial charge in [0, 0.05) is 0 Å². The summed E-state index contributed by atoms with van der Waals surface area (Å²) >= 11 is 0. The molecule has 4 N–H and O–H groups in total. The summed E-state index contributed by atoms with van der Waals surface area (Å²) in [6.07, 6.45) is 0. The minimum atomic E-state index is -1.64. The van der Waals surface area contributed by atoms with Crippen LogP contribution in [-0.4, -0.2) is 60.8 Å². The molecule has 0 aliphatic carbocycles. The van der Waals surface area contributed by atoms with E-state index in [1.165, 1.54) is 0 Å². The molecule has 0 atom stereocenters. The zero-order valence-electron chi connectivity index (χ0n) is 14.2. The number of hydrogen-bond donors (Lipinski definition) is 4. The lowest BCUT2D eigenvalue weighted by Gasteiger charge is -2.18. The standard InChI is InChI=1S/C18H20B2O6/c21-9-10-25-11-12-26-20(24)18-15-7-3-1-5-13(15)17(19(22)23)14-6-2-4-8-16(14)18/h1-8,21-24H,9-12H2. The third-order valence-electron chi connectivity index (χ3n) is 4.26. The van der Waals surface area contributed by atoms with Gasteiger partial charge in [0.2, 0.25) is 0 Å². The van der Waals surface area contributed by atoms with E-state index in [-0.39, 0.29) is 26.4 Å². The first-order valence-electron chi connectivity index (χ1n) is 8.42. The van der Waals surface area contributed by atoms with Crippen LogP contribution in [0.5, 0.6) is 0 Å². The zero-order chi connectivity index (χ0) is 18.5. The highest BCUT2D eigenvalue weighted by atomic mass is 16.5. The van der Waals surface area contributed by atoms with Gasteiger partial charge in [-0.05, 0) is 32.5 Å². The first-order valence-corrected chi connectivity index (χ1v) is 8.42. The summed E-state index contributed by atoms with van der Waals surface area (Å²) in [5.41, 5.74) is 0.973. The SMILES string of the molecule is OCCOCCOB(O)c1c2ccccc2c(B(O)O)c2ccccc12. The van der Waals surface area contributed by atoms with Crippen LogP contribution in [0.4, 0.5) is 0 Å². The molecule has 0 amide bonds. The number of aliphatic hydroxyl groups excluding tert-OH is 1. The van der Waals surface area contributed by atoms with Gasteiger partial charge in [-0.25, -0.2) is 0 Å². The summed E-state index contributed by atoms with van der Waals surface area (Å²) in [7, 11) is -2.84. The number of rotatable bonds is 8. The van der Waals surface area contributed by atoms with Gasteiger partial charge >= 0.3 is 14.2 Å². The summed E-state index contributed by atoms with van der Waals surface area (Å²) in [5.74, 6) is 0. The molecule has 0 aliphatic heterocycles. The average molecular weight is 354 g/mol. The normalized spacial score (nSPS) is 11.2. The van der Waals surface area contributed by atoms with Crippen molar-refractivity contribution in [2.45, 2.75) is 0 Å². The maximum absolute atomic E-state index is 10.7. The molecular weight excluding hydrogens is 334 g/mol. The van der Waals surface area contributed by atoms with E-state index in [9.17, 15) is 15.1 Å². The Bertz CT molecular complexity index is 829. The second kappa shape index (κ2) is 8.64. The van der Waals surface area contributed by atoms with Crippen molar-refractivity contribution in [3.05, 3.63) is 48.5 Å². The van der Waals surface area contributed by atoms with Gasteiger partial charge in [-0.15, -0.1) is 0 Å². The van der Waals surface area contributed by atoms with E-state index >= 15 is 0 Å². The van der Waals surface area contributed by atoms with Crippen LogP contribution in [-0.2, 0) is 9.39 Å². The number of aliphatic hydroxyl groups is 1. The third kappa shape index (κ3) is 3.76. The molecule has 134 valence electrons. The number of ether oxygens (including phenoxy) is 1. The van der Waals surface area contributed by atoms with Crippen LogP contribution in [0.25, 0.3) is 21.5 Å². The number of benzene rings is 3. The maximum atomic E-state index is 10.7. The van der Waals surface area contributed by atoms with Crippen molar-refractivity contribution in [2.24, 2.45) is 0 Å². The minimum Gasteiger partial charge on any atom is -0.423 e. The van der Waals surface area contributed by atoms with E-state index in [4.69, 9.17) is 14.5 Å². The van der Waals surface area contributed by atoms with E-state index in [1.807, 2.05) is 36.4 Å². The quantitative estimate of drug-likeness (QED) is 0.245. The average Bonchev–Trinajstić information content (AvgIpc) is 2.65. The van der Waals surface area contributed by atoms with Gasteiger partial charge in [0.1, 0.15) is 0 Å². The van der Waals surface area contributed by atoms with Crippen LogP contribution in [0, 0.1) is 0 Å². The summed E-state index contributed by atoms with van der Waals surface area (Å²) in [5, 5.41) is 41.8. The van der Waals surface area contributed by atoms with Crippen molar-refractivity contribution in [3.63, 3.8) is 0 Å². The van der Waals surface area contributed by atoms with E-state index in [1.54, 1.807) is 12.1 Å². The Hall–Kier alpha value is -1.93. The van der Waals surface area contributed by atoms with Crippen molar-refractivity contribution in [1.29, 1.82) is 0 Å². The topological polar surface area (TPSA) is 99.4 Å². The molecule has 26 heavy (non-hydrogen) atoms. The molecule has 0 aliphatic rings. The Kier molecular flexibility index (Phi) is 6.26. The predicted molar refractivity (Wildman–Crippen MR) is 103 cm³/mol. The fourth-order valence-electron chi connectivity index (χ4n) is 3.21.